The highest BCUT2D eigenvalue weighted by Crippen LogP contribution is 2.42. The van der Waals surface area contributed by atoms with Gasteiger partial charge in [-0.3, -0.25) is 0 Å². The first kappa shape index (κ1) is 58.9. The van der Waals surface area contributed by atoms with Crippen molar-refractivity contribution in [3.63, 3.8) is 0 Å². The van der Waals surface area contributed by atoms with E-state index in [1.54, 1.807) is 0 Å². The highest BCUT2D eigenvalue weighted by atomic mass is 32.2. The van der Waals surface area contributed by atoms with Crippen LogP contribution in [0.1, 0.15) is 44.5 Å². The summed E-state index contributed by atoms with van der Waals surface area (Å²) < 4.78 is 341. The first-order valence-electron chi connectivity index (χ1n) is 21.8. The minimum absolute atomic E-state index is 0.229. The summed E-state index contributed by atoms with van der Waals surface area (Å²) in [7, 11) is 0.229. The molecule has 0 saturated heterocycles. The summed E-state index contributed by atoms with van der Waals surface area (Å²) in [5.41, 5.74) is -30.2. The molecule has 0 aliphatic heterocycles. The Labute approximate surface area is 426 Å². The summed E-state index contributed by atoms with van der Waals surface area (Å²) in [6, 6.07) is 15.6. The Morgan fingerprint density at radius 1 is 0.256 bits per heavy atom. The van der Waals surface area contributed by atoms with Crippen molar-refractivity contribution in [1.82, 2.24) is 0 Å². The molecule has 8 aromatic carbocycles. The van der Waals surface area contributed by atoms with E-state index in [9.17, 15) is 105 Å². The maximum absolute atomic E-state index is 14.2. The molecule has 0 aromatic heterocycles. The summed E-state index contributed by atoms with van der Waals surface area (Å²) in [5.74, 6) is 0. The quantitative estimate of drug-likeness (QED) is 0.0697. The van der Waals surface area contributed by atoms with Gasteiger partial charge in [-0.1, -0.05) is 91.0 Å². The molecule has 0 amide bonds. The highest BCUT2D eigenvalue weighted by molar-refractivity contribution is 7.96. The molecule has 0 saturated carbocycles. The van der Waals surface area contributed by atoms with Gasteiger partial charge in [-0.05, 0) is 70.1 Å². The van der Waals surface area contributed by atoms with Crippen molar-refractivity contribution in [3.05, 3.63) is 184 Å². The second-order valence-electron chi connectivity index (χ2n) is 17.9. The molecule has 8 aromatic rings. The zero-order valence-corrected chi connectivity index (χ0v) is 39.7. The maximum Gasteiger partial charge on any atom is 0.416 e. The molecule has 0 aliphatic carbocycles. The maximum atomic E-state index is 14.2. The van der Waals surface area contributed by atoms with Gasteiger partial charge < -0.3 is 0 Å². The van der Waals surface area contributed by atoms with E-state index in [0.717, 1.165) is 0 Å². The third-order valence-corrected chi connectivity index (χ3v) is 13.8. The minimum Gasteiger partial charge on any atom is -0.194 e. The molecule has 0 spiro atoms. The van der Waals surface area contributed by atoms with E-state index in [2.05, 4.69) is 79.2 Å². The number of rotatable bonds is 5. The predicted molar refractivity (Wildman–Crippen MR) is 247 cm³/mol. The number of benzene rings is 8. The Balaban J connectivity index is 0.000000344. The van der Waals surface area contributed by atoms with Gasteiger partial charge in [0.25, 0.3) is 0 Å². The fraction of sp³-hybridized carbons (Fsp3) is 0.192. The molecule has 0 aliphatic rings. The molecule has 78 heavy (non-hydrogen) atoms. The second kappa shape index (κ2) is 19.9. The lowest BCUT2D eigenvalue weighted by Gasteiger charge is -2.46. The SMILES string of the molecule is C[S+](C)c1c2ccccc2cc2cc3ccccc3cc12.FC(F)(F)c1cc([B-](c2cc(C(F)(F)F)cc(C(F)(F)F)c2)(c2cc(C(F)(F)F)cc(C(F)(F)F)c2)c2cc(C(F)(F)F)cc(C(F)(F)F)c2)cc(C(F)(F)F)c1. The Bertz CT molecular complexity index is 3110. The first-order valence-corrected chi connectivity index (χ1v) is 23.8. The predicted octanol–water partition coefficient (Wildman–Crippen LogP) is 16.6. The summed E-state index contributed by atoms with van der Waals surface area (Å²) >= 11 is 0. The second-order valence-corrected chi connectivity index (χ2v) is 19.9. The summed E-state index contributed by atoms with van der Waals surface area (Å²) in [6.07, 6.45) is -50.2. The molecule has 0 N–H and O–H groups in total. The van der Waals surface area contributed by atoms with Gasteiger partial charge in [-0.25, -0.2) is 0 Å². The smallest absolute Gasteiger partial charge is 0.194 e. The van der Waals surface area contributed by atoms with Crippen LogP contribution < -0.4 is 21.9 Å². The van der Waals surface area contributed by atoms with Gasteiger partial charge >= 0.3 is 49.4 Å². The van der Waals surface area contributed by atoms with Gasteiger partial charge in [0, 0.05) is 21.7 Å². The number of halogens is 24. The van der Waals surface area contributed by atoms with E-state index in [4.69, 9.17) is 0 Å². The molecule has 0 bridgehead atoms. The van der Waals surface area contributed by atoms with Crippen LogP contribution in [0.3, 0.4) is 0 Å². The summed E-state index contributed by atoms with van der Waals surface area (Å²) in [4.78, 5) is 1.49. The van der Waals surface area contributed by atoms with Gasteiger partial charge in [-0.2, -0.15) is 127 Å². The van der Waals surface area contributed by atoms with E-state index in [1.165, 1.54) is 37.2 Å². The van der Waals surface area contributed by atoms with E-state index >= 15 is 0 Å². The standard InChI is InChI=1S/C32H12BF24.C20H17S/c34-25(35,36)13-1-14(26(37,38)39)6-21(5-13)33(22-7-15(27(40,41)42)2-16(8-22)28(43,44)45,23-9-17(29(46,47)48)3-18(10-23)30(49,50)51)24-11-19(31(52,53)54)4-20(12-24)32(55,56)57;1-21(2)20-18-10-6-5-9-16(18)12-17-11-14-7-3-4-8-15(14)13-19(17)20/h1-12H;3-13H,1-2H3/q-1;+1. The van der Waals surface area contributed by atoms with Gasteiger partial charge in [0.15, 0.2) is 4.90 Å². The summed E-state index contributed by atoms with van der Waals surface area (Å²) in [6.45, 7) is 0. The number of hydrogen-bond acceptors (Lipinski definition) is 0. The van der Waals surface area contributed by atoms with Crippen molar-refractivity contribution >= 4 is 71.2 Å². The molecule has 0 radical (unpaired) electrons. The van der Waals surface area contributed by atoms with Gasteiger partial charge in [-0.15, -0.1) is 0 Å². The third kappa shape index (κ3) is 12.1. The first-order chi connectivity index (χ1) is 35.5. The van der Waals surface area contributed by atoms with Crippen LogP contribution >= 0.6 is 0 Å². The average Bonchev–Trinajstić information content (AvgIpc) is 3.37. The van der Waals surface area contributed by atoms with Crippen molar-refractivity contribution in [1.29, 1.82) is 0 Å². The van der Waals surface area contributed by atoms with Crippen molar-refractivity contribution in [2.24, 2.45) is 0 Å². The third-order valence-electron chi connectivity index (χ3n) is 12.5. The Hall–Kier alpha value is -6.73. The van der Waals surface area contributed by atoms with Crippen molar-refractivity contribution < 1.29 is 105 Å². The van der Waals surface area contributed by atoms with Crippen LogP contribution in [0.15, 0.2) is 144 Å². The van der Waals surface area contributed by atoms with Crippen molar-refractivity contribution in [2.75, 3.05) is 12.5 Å². The Morgan fingerprint density at radius 3 is 0.744 bits per heavy atom. The number of alkyl halides is 24. The average molecular weight is 1150 g/mol. The number of hydrogen-bond donors (Lipinski definition) is 0. The molecule has 8 rings (SSSR count). The van der Waals surface area contributed by atoms with Crippen LogP contribution in [0.5, 0.6) is 0 Å². The Morgan fingerprint density at radius 2 is 0.487 bits per heavy atom. The molecular formula is C52H29BF24S. The lowest BCUT2D eigenvalue weighted by atomic mass is 9.12. The van der Waals surface area contributed by atoms with E-state index in [0.29, 0.717) is 0 Å². The van der Waals surface area contributed by atoms with Crippen LogP contribution in [0, 0.1) is 0 Å². The van der Waals surface area contributed by atoms with Gasteiger partial charge in [0.1, 0.15) is 18.7 Å². The largest absolute Gasteiger partial charge is 0.416 e. The molecule has 414 valence electrons. The van der Waals surface area contributed by atoms with Gasteiger partial charge in [0.2, 0.25) is 0 Å². The molecular weight excluding hydrogens is 1120 g/mol. The molecule has 0 atom stereocenters. The van der Waals surface area contributed by atoms with Crippen LogP contribution in [0.2, 0.25) is 0 Å². The fourth-order valence-corrected chi connectivity index (χ4v) is 10.5. The molecule has 26 heteroatoms. The van der Waals surface area contributed by atoms with Crippen molar-refractivity contribution in [2.45, 2.75) is 54.3 Å². The molecule has 0 unspecified atom stereocenters. The summed E-state index contributed by atoms with van der Waals surface area (Å²) in [5, 5.41) is 8.14. The van der Waals surface area contributed by atoms with E-state index in [-0.39, 0.29) is 10.9 Å². The Kier molecular flexibility index (Phi) is 15.0. The van der Waals surface area contributed by atoms with E-state index < -0.39 is 195 Å². The minimum atomic E-state index is -6.13. The zero-order valence-electron chi connectivity index (χ0n) is 38.8. The van der Waals surface area contributed by atoms with E-state index in [1.807, 2.05) is 0 Å². The molecule has 0 fully saturated rings. The lowest BCUT2D eigenvalue weighted by molar-refractivity contribution is -0.144. The monoisotopic (exact) mass is 1150 g/mol. The fourth-order valence-electron chi connectivity index (χ4n) is 9.23. The van der Waals surface area contributed by atoms with Crippen LogP contribution in [-0.4, -0.2) is 18.7 Å². The normalized spacial score (nSPS) is 13.6. The van der Waals surface area contributed by atoms with Gasteiger partial charge in [0.05, 0.1) is 44.5 Å². The highest BCUT2D eigenvalue weighted by Gasteiger charge is 2.47. The van der Waals surface area contributed by atoms with Crippen LogP contribution in [-0.2, 0) is 60.3 Å². The lowest BCUT2D eigenvalue weighted by Crippen LogP contribution is -2.75. The number of fused-ring (bicyclic) bond motifs is 3. The van der Waals surface area contributed by atoms with Crippen LogP contribution in [0.4, 0.5) is 105 Å². The molecule has 0 heterocycles. The van der Waals surface area contributed by atoms with Crippen molar-refractivity contribution in [3.8, 4) is 0 Å². The topological polar surface area (TPSA) is 0 Å². The zero-order chi connectivity index (χ0) is 58.3. The van der Waals surface area contributed by atoms with Crippen LogP contribution in [0.25, 0.3) is 32.3 Å². The molecule has 0 nitrogen and oxygen atoms in total.